The highest BCUT2D eigenvalue weighted by Gasteiger charge is 2.36. The van der Waals surface area contributed by atoms with Crippen LogP contribution in [0.5, 0.6) is 0 Å². The molecule has 0 aliphatic heterocycles. The third-order valence-electron chi connectivity index (χ3n) is 2.97. The Morgan fingerprint density at radius 1 is 1.38 bits per heavy atom. The van der Waals surface area contributed by atoms with Crippen LogP contribution < -0.4 is 0 Å². The number of aromatic amines is 1. The Morgan fingerprint density at radius 2 is 2.05 bits per heavy atom. The van der Waals surface area contributed by atoms with E-state index < -0.39 is 29.2 Å². The van der Waals surface area contributed by atoms with Crippen molar-refractivity contribution >= 4 is 22.6 Å². The monoisotopic (exact) mass is 302 g/mol. The molecule has 2 rings (SSSR count). The van der Waals surface area contributed by atoms with Crippen molar-refractivity contribution < 1.29 is 28.0 Å². The molecule has 0 amide bonds. The van der Waals surface area contributed by atoms with E-state index in [1.54, 1.807) is 0 Å². The molecule has 21 heavy (non-hydrogen) atoms. The van der Waals surface area contributed by atoms with E-state index in [4.69, 9.17) is 5.11 Å². The van der Waals surface area contributed by atoms with E-state index in [1.165, 1.54) is 6.07 Å². The number of nitrogens with zero attached hydrogens (tertiary/aromatic N) is 1. The average molecular weight is 302 g/mol. The molecule has 0 bridgehead atoms. The molecule has 0 saturated heterocycles. The predicted octanol–water partition coefficient (Wildman–Crippen LogP) is 3.11. The Bertz CT molecular complexity index is 721. The molecule has 9 heteroatoms. The molecule has 112 valence electrons. The van der Waals surface area contributed by atoms with Crippen LogP contribution in [-0.2, 0) is 17.4 Å². The zero-order valence-corrected chi connectivity index (χ0v) is 10.4. The molecule has 0 unspecified atom stereocenters. The van der Waals surface area contributed by atoms with Gasteiger partial charge in [0, 0.05) is 29.5 Å². The SMILES string of the molecule is O=C(O)CCc1c(C(F)(F)F)[nH]c2ccc([N+](=O)[O-])cc12. The van der Waals surface area contributed by atoms with E-state index in [1.807, 2.05) is 0 Å². The van der Waals surface area contributed by atoms with Gasteiger partial charge in [-0.1, -0.05) is 0 Å². The third-order valence-corrected chi connectivity index (χ3v) is 2.97. The highest BCUT2D eigenvalue weighted by atomic mass is 19.4. The number of non-ortho nitro benzene ring substituents is 1. The Morgan fingerprint density at radius 3 is 2.57 bits per heavy atom. The van der Waals surface area contributed by atoms with E-state index in [2.05, 4.69) is 4.98 Å². The Hall–Kier alpha value is -2.58. The molecule has 0 saturated carbocycles. The smallest absolute Gasteiger partial charge is 0.431 e. The predicted molar refractivity (Wildman–Crippen MR) is 65.9 cm³/mol. The van der Waals surface area contributed by atoms with Gasteiger partial charge in [-0.2, -0.15) is 13.2 Å². The van der Waals surface area contributed by atoms with Crippen molar-refractivity contribution in [3.8, 4) is 0 Å². The number of halogens is 3. The second-order valence-electron chi connectivity index (χ2n) is 4.36. The van der Waals surface area contributed by atoms with Crippen LogP contribution in [0.3, 0.4) is 0 Å². The van der Waals surface area contributed by atoms with Gasteiger partial charge in [-0.15, -0.1) is 0 Å². The largest absolute Gasteiger partial charge is 0.481 e. The quantitative estimate of drug-likeness (QED) is 0.670. The lowest BCUT2D eigenvalue weighted by Crippen LogP contribution is -2.10. The van der Waals surface area contributed by atoms with Crippen molar-refractivity contribution in [2.45, 2.75) is 19.0 Å². The lowest BCUT2D eigenvalue weighted by atomic mass is 10.0. The summed E-state index contributed by atoms with van der Waals surface area (Å²) in [6.45, 7) is 0. The number of carboxylic acid groups (broad SMARTS) is 1. The molecule has 0 atom stereocenters. The number of H-pyrrole nitrogens is 1. The topological polar surface area (TPSA) is 96.2 Å². The van der Waals surface area contributed by atoms with Crippen LogP contribution in [0.25, 0.3) is 10.9 Å². The average Bonchev–Trinajstić information content (AvgIpc) is 2.73. The number of hydrogen-bond acceptors (Lipinski definition) is 3. The number of aryl methyl sites for hydroxylation is 1. The van der Waals surface area contributed by atoms with Gasteiger partial charge in [0.25, 0.3) is 5.69 Å². The normalized spacial score (nSPS) is 11.8. The highest BCUT2D eigenvalue weighted by Crippen LogP contribution is 2.37. The molecular formula is C12H9F3N2O4. The number of aromatic nitrogens is 1. The maximum Gasteiger partial charge on any atom is 0.431 e. The lowest BCUT2D eigenvalue weighted by Gasteiger charge is -2.07. The van der Waals surface area contributed by atoms with E-state index in [-0.39, 0.29) is 28.6 Å². The molecule has 0 spiro atoms. The van der Waals surface area contributed by atoms with Gasteiger partial charge in [0.15, 0.2) is 0 Å². The number of carboxylic acids is 1. The molecular weight excluding hydrogens is 293 g/mol. The van der Waals surface area contributed by atoms with Gasteiger partial charge in [0.1, 0.15) is 5.69 Å². The summed E-state index contributed by atoms with van der Waals surface area (Å²) in [6, 6.07) is 3.27. The molecule has 0 aliphatic carbocycles. The van der Waals surface area contributed by atoms with Crippen molar-refractivity contribution in [3.63, 3.8) is 0 Å². The number of nitro benzene ring substituents is 1. The molecule has 1 heterocycles. The lowest BCUT2D eigenvalue weighted by molar-refractivity contribution is -0.384. The van der Waals surface area contributed by atoms with E-state index in [9.17, 15) is 28.1 Å². The standard InChI is InChI=1S/C12H9F3N2O4/c13-12(14,15)11-7(2-4-10(18)19)8-5-6(17(20)21)1-3-9(8)16-11/h1,3,5,16H,2,4H2,(H,18,19). The number of nitro groups is 1. The first-order chi connectivity index (χ1) is 9.70. The summed E-state index contributed by atoms with van der Waals surface area (Å²) in [7, 11) is 0. The van der Waals surface area contributed by atoms with Crippen LogP contribution in [0.4, 0.5) is 18.9 Å². The summed E-state index contributed by atoms with van der Waals surface area (Å²) in [5.41, 5.74) is -1.62. The van der Waals surface area contributed by atoms with Crippen molar-refractivity contribution in [1.82, 2.24) is 4.98 Å². The van der Waals surface area contributed by atoms with Gasteiger partial charge in [-0.3, -0.25) is 14.9 Å². The number of hydrogen-bond donors (Lipinski definition) is 2. The van der Waals surface area contributed by atoms with Gasteiger partial charge in [0.05, 0.1) is 4.92 Å². The summed E-state index contributed by atoms with van der Waals surface area (Å²) >= 11 is 0. The maximum atomic E-state index is 13.0. The number of fused-ring (bicyclic) bond motifs is 1. The molecule has 2 N–H and O–H groups in total. The molecule has 0 radical (unpaired) electrons. The molecule has 1 aromatic carbocycles. The first-order valence-electron chi connectivity index (χ1n) is 5.78. The summed E-state index contributed by atoms with van der Waals surface area (Å²) in [4.78, 5) is 22.7. The fourth-order valence-corrected chi connectivity index (χ4v) is 2.08. The van der Waals surface area contributed by atoms with Gasteiger partial charge in [-0.05, 0) is 18.1 Å². The fourth-order valence-electron chi connectivity index (χ4n) is 2.08. The van der Waals surface area contributed by atoms with Gasteiger partial charge in [-0.25, -0.2) is 0 Å². The zero-order chi connectivity index (χ0) is 15.8. The van der Waals surface area contributed by atoms with Crippen LogP contribution in [0, 0.1) is 10.1 Å². The second-order valence-corrected chi connectivity index (χ2v) is 4.36. The number of rotatable bonds is 4. The van der Waals surface area contributed by atoms with Crippen molar-refractivity contribution in [2.24, 2.45) is 0 Å². The number of nitrogens with one attached hydrogen (secondary N) is 1. The molecule has 0 fully saturated rings. The Labute approximate surface area is 115 Å². The minimum atomic E-state index is -4.69. The number of aliphatic carboxylic acids is 1. The van der Waals surface area contributed by atoms with Crippen molar-refractivity contribution in [2.75, 3.05) is 0 Å². The summed E-state index contributed by atoms with van der Waals surface area (Å²) in [5.74, 6) is -1.25. The van der Waals surface area contributed by atoms with Crippen LogP contribution in [0.2, 0.25) is 0 Å². The van der Waals surface area contributed by atoms with Crippen LogP contribution >= 0.6 is 0 Å². The van der Waals surface area contributed by atoms with E-state index >= 15 is 0 Å². The highest BCUT2D eigenvalue weighted by molar-refractivity contribution is 5.87. The first kappa shape index (κ1) is 14.8. The maximum absolute atomic E-state index is 13.0. The molecule has 0 aliphatic rings. The number of benzene rings is 1. The van der Waals surface area contributed by atoms with E-state index in [0.29, 0.717) is 0 Å². The summed E-state index contributed by atoms with van der Waals surface area (Å²) in [5, 5.41) is 19.3. The van der Waals surface area contributed by atoms with Crippen LogP contribution in [0.1, 0.15) is 17.7 Å². The van der Waals surface area contributed by atoms with Gasteiger partial charge >= 0.3 is 12.1 Å². The Balaban J connectivity index is 2.64. The number of alkyl halides is 3. The zero-order valence-electron chi connectivity index (χ0n) is 10.4. The third kappa shape index (κ3) is 2.96. The molecule has 1 aromatic heterocycles. The minimum absolute atomic E-state index is 0.0118. The minimum Gasteiger partial charge on any atom is -0.481 e. The summed E-state index contributed by atoms with van der Waals surface area (Å²) in [6.07, 6.45) is -5.56. The van der Waals surface area contributed by atoms with Crippen molar-refractivity contribution in [3.05, 3.63) is 39.6 Å². The summed E-state index contributed by atoms with van der Waals surface area (Å²) < 4.78 is 38.9. The molecule has 6 nitrogen and oxygen atoms in total. The first-order valence-corrected chi connectivity index (χ1v) is 5.78. The van der Waals surface area contributed by atoms with Crippen molar-refractivity contribution in [1.29, 1.82) is 0 Å². The van der Waals surface area contributed by atoms with Crippen LogP contribution in [0.15, 0.2) is 18.2 Å². The number of carbonyl (C=O) groups is 1. The second kappa shape index (κ2) is 5.08. The van der Waals surface area contributed by atoms with Gasteiger partial charge in [0.2, 0.25) is 0 Å². The van der Waals surface area contributed by atoms with Crippen LogP contribution in [-0.4, -0.2) is 21.0 Å². The fraction of sp³-hybridized carbons (Fsp3) is 0.250. The van der Waals surface area contributed by atoms with Gasteiger partial charge < -0.3 is 10.1 Å². The van der Waals surface area contributed by atoms with E-state index in [0.717, 1.165) is 12.1 Å². The Kier molecular flexibility index (Phi) is 3.58. The molecule has 2 aromatic rings.